The molecule has 0 saturated carbocycles. The molecule has 1 saturated heterocycles. The van der Waals surface area contributed by atoms with Gasteiger partial charge in [0.05, 0.1) is 11.4 Å². The number of rotatable bonds is 6. The second-order valence-electron chi connectivity index (χ2n) is 6.07. The number of para-hydroxylation sites is 1. The lowest BCUT2D eigenvalue weighted by molar-refractivity contribution is -0.117. The van der Waals surface area contributed by atoms with E-state index in [2.05, 4.69) is 0 Å². The van der Waals surface area contributed by atoms with E-state index in [9.17, 15) is 26.7 Å². The van der Waals surface area contributed by atoms with Gasteiger partial charge in [-0.05, 0) is 30.7 Å². The molecule has 11 heteroatoms. The highest BCUT2D eigenvalue weighted by atomic mass is 32.2. The van der Waals surface area contributed by atoms with Crippen LogP contribution in [0.4, 0.5) is 5.69 Å². The zero-order chi connectivity index (χ0) is 20.5. The van der Waals surface area contributed by atoms with Crippen LogP contribution in [0.15, 0.2) is 42.5 Å². The summed E-state index contributed by atoms with van der Waals surface area (Å²) in [6, 6.07) is 10.9. The number of hydrogen-bond donors (Lipinski definition) is 2. The van der Waals surface area contributed by atoms with Gasteiger partial charge in [0.1, 0.15) is 18.0 Å². The summed E-state index contributed by atoms with van der Waals surface area (Å²) in [6.07, 6.45) is 0.243. The Hall–Kier alpha value is -2.79. The van der Waals surface area contributed by atoms with Gasteiger partial charge in [-0.15, -0.1) is 0 Å². The van der Waals surface area contributed by atoms with E-state index < -0.39 is 32.8 Å². The maximum atomic E-state index is 11.9. The second-order valence-corrected chi connectivity index (χ2v) is 9.53. The third-order valence-electron chi connectivity index (χ3n) is 4.07. The van der Waals surface area contributed by atoms with Crippen LogP contribution in [-0.4, -0.2) is 40.1 Å². The molecule has 150 valence electrons. The van der Waals surface area contributed by atoms with Gasteiger partial charge < -0.3 is 9.29 Å². The highest BCUT2D eigenvalue weighted by molar-refractivity contribution is 7.92. The number of amides is 1. The first-order chi connectivity index (χ1) is 13.1. The molecular weight excluding hydrogens is 408 g/mol. The number of phenols is 1. The van der Waals surface area contributed by atoms with Crippen LogP contribution in [0.5, 0.6) is 11.5 Å². The molecule has 0 radical (unpaired) electrons. The minimum absolute atomic E-state index is 0.0276. The minimum Gasteiger partial charge on any atom is -0.506 e. The second kappa shape index (κ2) is 7.32. The van der Waals surface area contributed by atoms with Crippen molar-refractivity contribution in [2.45, 2.75) is 13.3 Å². The van der Waals surface area contributed by atoms with Crippen molar-refractivity contribution in [3.05, 3.63) is 53.6 Å². The zero-order valence-corrected chi connectivity index (χ0v) is 16.5. The predicted molar refractivity (Wildman–Crippen MR) is 102 cm³/mol. The summed E-state index contributed by atoms with van der Waals surface area (Å²) in [4.78, 5) is 11.4. The van der Waals surface area contributed by atoms with E-state index in [4.69, 9.17) is 4.18 Å². The van der Waals surface area contributed by atoms with Crippen LogP contribution >= 0.6 is 0 Å². The molecule has 9 nitrogen and oxygen atoms in total. The third-order valence-corrected chi connectivity index (χ3v) is 6.60. The van der Waals surface area contributed by atoms with Gasteiger partial charge in [0.2, 0.25) is 0 Å². The molecule has 1 aliphatic rings. The standard InChI is InChI=1S/C17H18N2O7S2/c1-2-27(22,23)26-16-6-4-3-5-13(16)9-12-7-8-14(15(20)10-12)19-11-17(21)18-28(19,24)25/h3-8,10,20H,2,9,11H2,1H3,(H,18,21). The average molecular weight is 426 g/mol. The number of hydrogen-bond acceptors (Lipinski definition) is 7. The molecule has 0 aliphatic carbocycles. The summed E-state index contributed by atoms with van der Waals surface area (Å²) in [5.74, 6) is -0.998. The highest BCUT2D eigenvalue weighted by Gasteiger charge is 2.35. The van der Waals surface area contributed by atoms with E-state index in [0.717, 1.165) is 4.31 Å². The quantitative estimate of drug-likeness (QED) is 0.656. The van der Waals surface area contributed by atoms with E-state index in [0.29, 0.717) is 11.1 Å². The molecule has 2 aromatic carbocycles. The van der Waals surface area contributed by atoms with E-state index in [1.54, 1.807) is 24.3 Å². The van der Waals surface area contributed by atoms with Crippen molar-refractivity contribution < 1.29 is 30.9 Å². The lowest BCUT2D eigenvalue weighted by atomic mass is 10.0. The Morgan fingerprint density at radius 3 is 2.54 bits per heavy atom. The normalized spacial score (nSPS) is 16.0. The fraction of sp³-hybridized carbons (Fsp3) is 0.235. The molecule has 1 amide bonds. The van der Waals surface area contributed by atoms with Gasteiger partial charge >= 0.3 is 20.3 Å². The van der Waals surface area contributed by atoms with Gasteiger partial charge in [-0.25, -0.2) is 9.03 Å². The Balaban J connectivity index is 1.88. The summed E-state index contributed by atoms with van der Waals surface area (Å²) >= 11 is 0. The SMILES string of the molecule is CCS(=O)(=O)Oc1ccccc1Cc1ccc(N2CC(=O)NS2(=O)=O)c(O)c1. The van der Waals surface area contributed by atoms with Crippen LogP contribution in [0.2, 0.25) is 0 Å². The highest BCUT2D eigenvalue weighted by Crippen LogP contribution is 2.33. The molecular formula is C17H18N2O7S2. The zero-order valence-electron chi connectivity index (χ0n) is 14.8. The molecule has 28 heavy (non-hydrogen) atoms. The first-order valence-electron chi connectivity index (χ1n) is 8.26. The van der Waals surface area contributed by atoms with Crippen molar-refractivity contribution in [1.29, 1.82) is 0 Å². The fourth-order valence-corrected chi connectivity index (χ4v) is 4.41. The molecule has 0 unspecified atom stereocenters. The Kier molecular flexibility index (Phi) is 5.22. The number of benzene rings is 2. The van der Waals surface area contributed by atoms with E-state index in [-0.39, 0.29) is 29.4 Å². The number of carbonyl (C=O) groups is 1. The molecule has 0 spiro atoms. The Labute approximate surface area is 162 Å². The molecule has 2 N–H and O–H groups in total. The van der Waals surface area contributed by atoms with Crippen molar-refractivity contribution >= 4 is 31.9 Å². The Morgan fingerprint density at radius 1 is 1.21 bits per heavy atom. The predicted octanol–water partition coefficient (Wildman–Crippen LogP) is 0.892. The summed E-state index contributed by atoms with van der Waals surface area (Å²) in [7, 11) is -7.72. The van der Waals surface area contributed by atoms with E-state index >= 15 is 0 Å². The lowest BCUT2D eigenvalue weighted by Gasteiger charge is -2.17. The summed E-state index contributed by atoms with van der Waals surface area (Å²) in [5.41, 5.74) is 1.15. The molecule has 0 bridgehead atoms. The van der Waals surface area contributed by atoms with Gasteiger partial charge in [-0.1, -0.05) is 24.3 Å². The van der Waals surface area contributed by atoms with Crippen LogP contribution < -0.4 is 13.2 Å². The van der Waals surface area contributed by atoms with Crippen molar-refractivity contribution in [3.63, 3.8) is 0 Å². The maximum Gasteiger partial charge on any atom is 0.326 e. The number of nitrogens with zero attached hydrogens (tertiary/aromatic N) is 1. The van der Waals surface area contributed by atoms with Crippen LogP contribution in [0, 0.1) is 0 Å². The number of aromatic hydroxyl groups is 1. The van der Waals surface area contributed by atoms with E-state index in [1.165, 1.54) is 25.1 Å². The molecule has 1 heterocycles. The van der Waals surface area contributed by atoms with Crippen molar-refractivity contribution in [3.8, 4) is 11.5 Å². The fourth-order valence-electron chi connectivity index (χ4n) is 2.70. The number of phenolic OH excluding ortho intramolecular Hbond substituents is 1. The topological polar surface area (TPSA) is 130 Å². The Bertz CT molecular complexity index is 1130. The first-order valence-corrected chi connectivity index (χ1v) is 11.3. The molecule has 0 atom stereocenters. The third kappa shape index (κ3) is 4.20. The minimum atomic E-state index is -4.03. The summed E-state index contributed by atoms with van der Waals surface area (Å²) < 4.78 is 55.0. The summed E-state index contributed by atoms with van der Waals surface area (Å²) in [6.45, 7) is 1.06. The van der Waals surface area contributed by atoms with Crippen LogP contribution in [0.3, 0.4) is 0 Å². The van der Waals surface area contributed by atoms with Crippen LogP contribution in [-0.2, 0) is 31.5 Å². The molecule has 2 aromatic rings. The molecule has 3 rings (SSSR count). The number of nitrogens with one attached hydrogen (secondary N) is 1. The van der Waals surface area contributed by atoms with Crippen LogP contribution in [0.25, 0.3) is 0 Å². The maximum absolute atomic E-state index is 11.9. The lowest BCUT2D eigenvalue weighted by Crippen LogP contribution is -2.29. The van der Waals surface area contributed by atoms with Gasteiger partial charge in [-0.2, -0.15) is 16.8 Å². The average Bonchev–Trinajstić information content (AvgIpc) is 2.89. The monoisotopic (exact) mass is 426 g/mol. The largest absolute Gasteiger partial charge is 0.506 e. The molecule has 0 aromatic heterocycles. The van der Waals surface area contributed by atoms with Gasteiger partial charge in [0.15, 0.2) is 0 Å². The molecule has 1 aliphatic heterocycles. The smallest absolute Gasteiger partial charge is 0.326 e. The van der Waals surface area contributed by atoms with Crippen molar-refractivity contribution in [2.24, 2.45) is 0 Å². The van der Waals surface area contributed by atoms with Gasteiger partial charge in [0, 0.05) is 12.0 Å². The number of anilines is 1. The number of carbonyl (C=O) groups excluding carboxylic acids is 1. The Morgan fingerprint density at radius 2 is 1.93 bits per heavy atom. The van der Waals surface area contributed by atoms with Gasteiger partial charge in [0.25, 0.3) is 5.91 Å². The van der Waals surface area contributed by atoms with Crippen molar-refractivity contribution in [2.75, 3.05) is 16.6 Å². The van der Waals surface area contributed by atoms with Crippen molar-refractivity contribution in [1.82, 2.24) is 4.72 Å². The molecule has 1 fully saturated rings. The van der Waals surface area contributed by atoms with E-state index in [1.807, 2.05) is 4.72 Å². The van der Waals surface area contributed by atoms with Crippen LogP contribution in [0.1, 0.15) is 18.1 Å². The summed E-state index contributed by atoms with van der Waals surface area (Å²) in [5, 5.41) is 10.3. The van der Waals surface area contributed by atoms with Gasteiger partial charge in [-0.3, -0.25) is 4.79 Å². The first kappa shape index (κ1) is 20.0.